The Morgan fingerprint density at radius 1 is 1.55 bits per heavy atom. The Bertz CT molecular complexity index is 543. The van der Waals surface area contributed by atoms with Gasteiger partial charge in [0.2, 0.25) is 0 Å². The predicted molar refractivity (Wildman–Crippen MR) is 86.9 cm³/mol. The summed E-state index contributed by atoms with van der Waals surface area (Å²) < 4.78 is 4.88. The summed E-state index contributed by atoms with van der Waals surface area (Å²) in [6, 6.07) is 0. The number of methoxy groups -OCH3 is 1. The monoisotopic (exact) mass is 302 g/mol. The number of hydrogen-bond donors (Lipinski definition) is 1. The maximum Gasteiger partial charge on any atom is 0.309 e. The van der Waals surface area contributed by atoms with Crippen LogP contribution in [-0.4, -0.2) is 23.8 Å². The quantitative estimate of drug-likeness (QED) is 0.376. The number of allylic oxidation sites excluding steroid dienone is 2. The molecule has 0 aromatic heterocycles. The number of carbonyl (C=O) groups is 1. The van der Waals surface area contributed by atoms with Crippen LogP contribution >= 0.6 is 0 Å². The van der Waals surface area contributed by atoms with Gasteiger partial charge in [-0.05, 0) is 38.2 Å². The lowest BCUT2D eigenvalue weighted by molar-refractivity contribution is -0.149. The van der Waals surface area contributed by atoms with Crippen LogP contribution in [0.1, 0.15) is 52.4 Å². The minimum absolute atomic E-state index is 0.0300. The average molecular weight is 302 g/mol. The van der Waals surface area contributed by atoms with Crippen molar-refractivity contribution in [3.63, 3.8) is 0 Å². The smallest absolute Gasteiger partial charge is 0.309 e. The minimum Gasteiger partial charge on any atom is -0.469 e. The number of hydrogen-bond acceptors (Lipinski definition) is 3. The highest BCUT2D eigenvalue weighted by molar-refractivity contribution is 5.73. The Kier molecular flexibility index (Phi) is 5.47. The molecule has 0 radical (unpaired) electrons. The Labute approximate surface area is 133 Å². The number of carbonyl (C=O) groups excluding carboxylic acids is 1. The van der Waals surface area contributed by atoms with Gasteiger partial charge in [-0.25, -0.2) is 0 Å². The van der Waals surface area contributed by atoms with Crippen molar-refractivity contribution in [1.29, 1.82) is 0 Å². The lowest BCUT2D eigenvalue weighted by atomic mass is 9.66. The van der Waals surface area contributed by atoms with Crippen LogP contribution < -0.4 is 0 Å². The number of ether oxygens (including phenoxy) is 1. The van der Waals surface area contributed by atoms with Gasteiger partial charge in [0.1, 0.15) is 0 Å². The molecule has 0 aromatic carbocycles. The molecule has 1 saturated carbocycles. The molecule has 22 heavy (non-hydrogen) atoms. The fourth-order valence-corrected chi connectivity index (χ4v) is 3.45. The molecule has 0 unspecified atom stereocenters. The van der Waals surface area contributed by atoms with Crippen LogP contribution in [0.5, 0.6) is 0 Å². The number of fused-ring (bicyclic) bond motifs is 1. The zero-order chi connectivity index (χ0) is 16.2. The second-order valence-corrected chi connectivity index (χ2v) is 6.50. The first-order valence-corrected chi connectivity index (χ1v) is 8.17. The van der Waals surface area contributed by atoms with E-state index in [0.29, 0.717) is 12.8 Å². The van der Waals surface area contributed by atoms with Crippen molar-refractivity contribution in [3.05, 3.63) is 23.3 Å². The van der Waals surface area contributed by atoms with E-state index in [1.54, 1.807) is 0 Å². The molecular formula is C19H26O3. The summed E-state index contributed by atoms with van der Waals surface area (Å²) in [4.78, 5) is 11.9. The number of aliphatic hydroxyl groups is 1. The van der Waals surface area contributed by atoms with Crippen LogP contribution in [0.15, 0.2) is 23.3 Å². The maximum atomic E-state index is 11.9. The van der Waals surface area contributed by atoms with E-state index < -0.39 is 5.60 Å². The lowest BCUT2D eigenvalue weighted by Gasteiger charge is -2.42. The van der Waals surface area contributed by atoms with Gasteiger partial charge in [0.15, 0.2) is 0 Å². The van der Waals surface area contributed by atoms with Gasteiger partial charge in [-0.1, -0.05) is 37.3 Å². The first-order valence-electron chi connectivity index (χ1n) is 8.17. The highest BCUT2D eigenvalue weighted by Crippen LogP contribution is 2.45. The molecule has 2 rings (SSSR count). The molecule has 0 heterocycles. The topological polar surface area (TPSA) is 46.5 Å². The van der Waals surface area contributed by atoms with Crippen molar-refractivity contribution in [2.45, 2.75) is 58.0 Å². The molecule has 2 aliphatic rings. The standard InChI is InChI=1S/C19H26O3/c1-4-5-6-7-9-14-10-8-11-17-16(14)12-15(18(20)22-3)13-19(17,2)21/h8,11,15,17,21H,4-6,10,12-13H2,1-3H3/t15-,17-,19-/m0/s1. The largest absolute Gasteiger partial charge is 0.469 e. The number of rotatable bonds is 3. The Hall–Kier alpha value is -1.53. The van der Waals surface area contributed by atoms with Gasteiger partial charge in [-0.2, -0.15) is 0 Å². The zero-order valence-electron chi connectivity index (χ0n) is 13.8. The number of unbranched alkanes of at least 4 members (excludes halogenated alkanes) is 2. The molecule has 3 atom stereocenters. The fraction of sp³-hybridized carbons (Fsp3) is 0.632. The maximum absolute atomic E-state index is 11.9. The predicted octanol–water partition coefficient (Wildman–Crippen LogP) is 3.39. The second-order valence-electron chi connectivity index (χ2n) is 6.50. The Morgan fingerprint density at radius 3 is 3.00 bits per heavy atom. The normalized spacial score (nSPS) is 30.4. The third-order valence-corrected chi connectivity index (χ3v) is 4.64. The van der Waals surface area contributed by atoms with Gasteiger partial charge in [0.05, 0.1) is 18.6 Å². The lowest BCUT2D eigenvalue weighted by Crippen LogP contribution is -2.44. The molecule has 0 spiro atoms. The minimum atomic E-state index is -0.917. The van der Waals surface area contributed by atoms with Crippen molar-refractivity contribution < 1.29 is 14.6 Å². The van der Waals surface area contributed by atoms with Crippen LogP contribution in [-0.2, 0) is 9.53 Å². The van der Waals surface area contributed by atoms with Gasteiger partial charge in [-0.15, -0.1) is 0 Å². The van der Waals surface area contributed by atoms with Crippen molar-refractivity contribution in [3.8, 4) is 11.8 Å². The SMILES string of the molecule is CCCCC#CC1=C2C[C@H](C(=O)OC)C[C@](C)(O)[C@H]2C=CC1. The molecule has 0 bridgehead atoms. The van der Waals surface area contributed by atoms with E-state index in [-0.39, 0.29) is 17.8 Å². The summed E-state index contributed by atoms with van der Waals surface area (Å²) in [5, 5.41) is 10.8. The van der Waals surface area contributed by atoms with E-state index >= 15 is 0 Å². The van der Waals surface area contributed by atoms with Gasteiger partial charge >= 0.3 is 5.97 Å². The highest BCUT2D eigenvalue weighted by Gasteiger charge is 2.44. The molecule has 3 nitrogen and oxygen atoms in total. The Balaban J connectivity index is 2.28. The van der Waals surface area contributed by atoms with Crippen molar-refractivity contribution in [2.75, 3.05) is 7.11 Å². The van der Waals surface area contributed by atoms with Crippen molar-refractivity contribution >= 4 is 5.97 Å². The molecule has 3 heteroatoms. The van der Waals surface area contributed by atoms with E-state index in [1.807, 2.05) is 6.92 Å². The van der Waals surface area contributed by atoms with E-state index in [4.69, 9.17) is 4.74 Å². The van der Waals surface area contributed by atoms with E-state index in [9.17, 15) is 9.90 Å². The second kappa shape index (κ2) is 7.15. The zero-order valence-corrected chi connectivity index (χ0v) is 13.8. The molecule has 0 aromatic rings. The van der Waals surface area contributed by atoms with Crippen LogP contribution in [0.25, 0.3) is 0 Å². The van der Waals surface area contributed by atoms with E-state index in [0.717, 1.165) is 36.8 Å². The third-order valence-electron chi connectivity index (χ3n) is 4.64. The number of esters is 1. The van der Waals surface area contributed by atoms with Crippen LogP contribution in [0.3, 0.4) is 0 Å². The van der Waals surface area contributed by atoms with Crippen LogP contribution in [0.4, 0.5) is 0 Å². The molecule has 2 aliphatic carbocycles. The van der Waals surface area contributed by atoms with E-state index in [2.05, 4.69) is 30.9 Å². The summed E-state index contributed by atoms with van der Waals surface area (Å²) in [5.41, 5.74) is 1.29. The molecular weight excluding hydrogens is 276 g/mol. The summed E-state index contributed by atoms with van der Waals surface area (Å²) in [6.45, 7) is 3.97. The van der Waals surface area contributed by atoms with Crippen LogP contribution in [0.2, 0.25) is 0 Å². The van der Waals surface area contributed by atoms with Crippen LogP contribution in [0, 0.1) is 23.7 Å². The van der Waals surface area contributed by atoms with Gasteiger partial charge < -0.3 is 9.84 Å². The fourth-order valence-electron chi connectivity index (χ4n) is 3.45. The van der Waals surface area contributed by atoms with Gasteiger partial charge in [0, 0.05) is 17.9 Å². The molecule has 0 saturated heterocycles. The summed E-state index contributed by atoms with van der Waals surface area (Å²) in [7, 11) is 1.41. The van der Waals surface area contributed by atoms with Gasteiger partial charge in [0.25, 0.3) is 0 Å². The molecule has 1 fully saturated rings. The summed E-state index contributed by atoms with van der Waals surface area (Å²) in [6.07, 6.45) is 9.20. The van der Waals surface area contributed by atoms with Gasteiger partial charge in [-0.3, -0.25) is 4.79 Å². The summed E-state index contributed by atoms with van der Waals surface area (Å²) in [5.74, 6) is 5.98. The van der Waals surface area contributed by atoms with Crippen molar-refractivity contribution in [2.24, 2.45) is 11.8 Å². The van der Waals surface area contributed by atoms with Crippen molar-refractivity contribution in [1.82, 2.24) is 0 Å². The molecule has 1 N–H and O–H groups in total. The summed E-state index contributed by atoms with van der Waals surface area (Å²) >= 11 is 0. The highest BCUT2D eigenvalue weighted by atomic mass is 16.5. The first-order chi connectivity index (χ1) is 10.5. The third kappa shape index (κ3) is 3.62. The van der Waals surface area contributed by atoms with E-state index in [1.165, 1.54) is 7.11 Å². The average Bonchev–Trinajstić information content (AvgIpc) is 2.50. The molecule has 0 aliphatic heterocycles. The molecule has 120 valence electrons. The first kappa shape index (κ1) is 16.8. The molecule has 0 amide bonds. The Morgan fingerprint density at radius 2 is 2.32 bits per heavy atom.